The Morgan fingerprint density at radius 1 is 1.50 bits per heavy atom. The van der Waals surface area contributed by atoms with Gasteiger partial charge >= 0.3 is 0 Å². The highest BCUT2D eigenvalue weighted by atomic mass is 16.5. The molecule has 1 aliphatic heterocycles. The maximum Gasteiger partial charge on any atom is 0.255 e. The van der Waals surface area contributed by atoms with Gasteiger partial charge < -0.3 is 14.2 Å². The van der Waals surface area contributed by atoms with Crippen molar-refractivity contribution < 1.29 is 9.53 Å². The van der Waals surface area contributed by atoms with Crippen molar-refractivity contribution in [3.8, 4) is 0 Å². The summed E-state index contributed by atoms with van der Waals surface area (Å²) < 4.78 is 7.67. The second-order valence-corrected chi connectivity index (χ2v) is 5.85. The second kappa shape index (κ2) is 6.44. The zero-order valence-corrected chi connectivity index (χ0v) is 13.1. The van der Waals surface area contributed by atoms with Crippen molar-refractivity contribution in [1.29, 1.82) is 0 Å². The number of carbonyl (C=O) groups is 1. The monoisotopic (exact) mass is 278 g/mol. The van der Waals surface area contributed by atoms with Crippen LogP contribution in [0.3, 0.4) is 0 Å². The molecule has 1 saturated heterocycles. The lowest BCUT2D eigenvalue weighted by molar-refractivity contribution is 0.0762. The van der Waals surface area contributed by atoms with Gasteiger partial charge in [-0.1, -0.05) is 0 Å². The fourth-order valence-electron chi connectivity index (χ4n) is 2.81. The van der Waals surface area contributed by atoms with Crippen molar-refractivity contribution in [3.63, 3.8) is 0 Å². The lowest BCUT2D eigenvalue weighted by Crippen LogP contribution is -2.28. The number of ether oxygens (including phenoxy) is 1. The maximum absolute atomic E-state index is 12.4. The van der Waals surface area contributed by atoms with Gasteiger partial charge in [-0.2, -0.15) is 0 Å². The predicted molar refractivity (Wildman–Crippen MR) is 80.1 cm³/mol. The molecule has 2 rings (SSSR count). The summed E-state index contributed by atoms with van der Waals surface area (Å²) in [5, 5.41) is 0. The topological polar surface area (TPSA) is 34.5 Å². The number of hydrogen-bond donors (Lipinski definition) is 0. The molecule has 0 bridgehead atoms. The molecule has 112 valence electrons. The summed E-state index contributed by atoms with van der Waals surface area (Å²) in [4.78, 5) is 14.3. The lowest BCUT2D eigenvalue weighted by atomic mass is 10.1. The molecule has 1 unspecified atom stereocenters. The molecule has 1 aromatic heterocycles. The van der Waals surface area contributed by atoms with E-state index in [1.165, 1.54) is 12.8 Å². The van der Waals surface area contributed by atoms with Crippen molar-refractivity contribution in [1.82, 2.24) is 9.47 Å². The van der Waals surface area contributed by atoms with Gasteiger partial charge in [0.05, 0.1) is 11.7 Å². The minimum atomic E-state index is 0.124. The van der Waals surface area contributed by atoms with Crippen LogP contribution >= 0.6 is 0 Å². The molecule has 0 spiro atoms. The van der Waals surface area contributed by atoms with Crippen LogP contribution in [0.5, 0.6) is 0 Å². The van der Waals surface area contributed by atoms with E-state index in [4.69, 9.17) is 4.74 Å². The quantitative estimate of drug-likeness (QED) is 0.830. The van der Waals surface area contributed by atoms with Gasteiger partial charge in [0.1, 0.15) is 0 Å². The van der Waals surface area contributed by atoms with E-state index in [1.54, 1.807) is 0 Å². The average Bonchev–Trinajstić information content (AvgIpc) is 3.02. The molecule has 4 nitrogen and oxygen atoms in total. The summed E-state index contributed by atoms with van der Waals surface area (Å²) in [6, 6.07) is 1.98. The zero-order chi connectivity index (χ0) is 14.7. The Bertz CT molecular complexity index is 473. The van der Waals surface area contributed by atoms with Crippen LogP contribution in [0.15, 0.2) is 6.07 Å². The van der Waals surface area contributed by atoms with E-state index < -0.39 is 0 Å². The molecule has 1 aliphatic rings. The molecule has 0 aliphatic carbocycles. The summed E-state index contributed by atoms with van der Waals surface area (Å²) in [5.41, 5.74) is 2.99. The van der Waals surface area contributed by atoms with E-state index in [0.29, 0.717) is 6.10 Å². The first-order valence-corrected chi connectivity index (χ1v) is 7.50. The number of rotatable bonds is 5. The molecule has 0 saturated carbocycles. The highest BCUT2D eigenvalue weighted by molar-refractivity contribution is 5.95. The summed E-state index contributed by atoms with van der Waals surface area (Å²) in [5.74, 6) is 0.124. The fraction of sp³-hybridized carbons (Fsp3) is 0.688. The third-order valence-corrected chi connectivity index (χ3v) is 4.40. The molecule has 0 aromatic carbocycles. The zero-order valence-electron chi connectivity index (χ0n) is 13.1. The summed E-state index contributed by atoms with van der Waals surface area (Å²) in [7, 11) is 3.89. The van der Waals surface area contributed by atoms with E-state index >= 15 is 0 Å². The van der Waals surface area contributed by atoms with Gasteiger partial charge in [0, 0.05) is 38.6 Å². The average molecular weight is 278 g/mol. The van der Waals surface area contributed by atoms with Crippen LogP contribution in [0, 0.1) is 13.8 Å². The normalized spacial score (nSPS) is 18.5. The van der Waals surface area contributed by atoms with Crippen molar-refractivity contribution in [2.75, 3.05) is 20.2 Å². The molecule has 1 fully saturated rings. The summed E-state index contributed by atoms with van der Waals surface area (Å²) >= 11 is 0. The summed E-state index contributed by atoms with van der Waals surface area (Å²) in [6.45, 7) is 5.73. The van der Waals surface area contributed by atoms with Crippen LogP contribution in [-0.4, -0.2) is 41.7 Å². The maximum atomic E-state index is 12.4. The van der Waals surface area contributed by atoms with E-state index in [0.717, 1.165) is 42.9 Å². The van der Waals surface area contributed by atoms with Gasteiger partial charge in [0.2, 0.25) is 0 Å². The molecule has 1 amide bonds. The standard InChI is InChI=1S/C16H26N2O2/c1-12-11-15(13(2)18(12)4)16(19)17(3)9-5-7-14-8-6-10-20-14/h11,14H,5-10H2,1-4H3. The Hall–Kier alpha value is -1.29. The molecule has 1 aromatic rings. The largest absolute Gasteiger partial charge is 0.378 e. The third-order valence-electron chi connectivity index (χ3n) is 4.40. The van der Waals surface area contributed by atoms with E-state index in [-0.39, 0.29) is 5.91 Å². The summed E-state index contributed by atoms with van der Waals surface area (Å²) in [6.07, 6.45) is 4.85. The number of amides is 1. The van der Waals surface area contributed by atoms with Crippen LogP contribution in [0.4, 0.5) is 0 Å². The molecule has 4 heteroatoms. The molecular weight excluding hydrogens is 252 g/mol. The molecule has 0 N–H and O–H groups in total. The van der Waals surface area contributed by atoms with Crippen molar-refractivity contribution in [2.45, 2.75) is 45.6 Å². The molecular formula is C16H26N2O2. The molecule has 0 radical (unpaired) electrons. The predicted octanol–water partition coefficient (Wildman–Crippen LogP) is 2.67. The highest BCUT2D eigenvalue weighted by Gasteiger charge is 2.19. The fourth-order valence-corrected chi connectivity index (χ4v) is 2.81. The van der Waals surface area contributed by atoms with Crippen molar-refractivity contribution in [3.05, 3.63) is 23.0 Å². The van der Waals surface area contributed by atoms with Crippen LogP contribution in [0.25, 0.3) is 0 Å². The Balaban J connectivity index is 1.86. The molecule has 2 heterocycles. The van der Waals surface area contributed by atoms with E-state index in [2.05, 4.69) is 4.57 Å². The van der Waals surface area contributed by atoms with Crippen LogP contribution in [0.1, 0.15) is 47.4 Å². The second-order valence-electron chi connectivity index (χ2n) is 5.85. The first-order chi connectivity index (χ1) is 9.50. The Morgan fingerprint density at radius 3 is 2.80 bits per heavy atom. The Morgan fingerprint density at radius 2 is 2.25 bits per heavy atom. The number of hydrogen-bond acceptors (Lipinski definition) is 2. The first kappa shape index (κ1) is 15.1. The van der Waals surface area contributed by atoms with E-state index in [9.17, 15) is 4.79 Å². The Labute approximate surface area is 121 Å². The van der Waals surface area contributed by atoms with Crippen molar-refractivity contribution in [2.24, 2.45) is 7.05 Å². The minimum Gasteiger partial charge on any atom is -0.378 e. The first-order valence-electron chi connectivity index (χ1n) is 7.50. The van der Waals surface area contributed by atoms with Crippen LogP contribution in [0.2, 0.25) is 0 Å². The highest BCUT2D eigenvalue weighted by Crippen LogP contribution is 2.18. The molecule has 20 heavy (non-hydrogen) atoms. The smallest absolute Gasteiger partial charge is 0.255 e. The third kappa shape index (κ3) is 3.23. The number of aromatic nitrogens is 1. The van der Waals surface area contributed by atoms with E-state index in [1.807, 2.05) is 38.9 Å². The number of carbonyl (C=O) groups excluding carboxylic acids is 1. The van der Waals surface area contributed by atoms with Gasteiger partial charge in [-0.05, 0) is 45.6 Å². The number of nitrogens with zero attached hydrogens (tertiary/aromatic N) is 2. The van der Waals surface area contributed by atoms with Gasteiger partial charge in [-0.3, -0.25) is 4.79 Å². The van der Waals surface area contributed by atoms with Gasteiger partial charge in [-0.25, -0.2) is 0 Å². The minimum absolute atomic E-state index is 0.124. The van der Waals surface area contributed by atoms with Gasteiger partial charge in [-0.15, -0.1) is 0 Å². The van der Waals surface area contributed by atoms with Crippen molar-refractivity contribution >= 4 is 5.91 Å². The van der Waals surface area contributed by atoms with Crippen LogP contribution in [-0.2, 0) is 11.8 Å². The molecule has 1 atom stereocenters. The van der Waals surface area contributed by atoms with Gasteiger partial charge in [0.25, 0.3) is 5.91 Å². The van der Waals surface area contributed by atoms with Crippen LogP contribution < -0.4 is 0 Å². The Kier molecular flexibility index (Phi) is 4.86. The lowest BCUT2D eigenvalue weighted by Gasteiger charge is -2.18. The number of aryl methyl sites for hydroxylation is 1. The van der Waals surface area contributed by atoms with Gasteiger partial charge in [0.15, 0.2) is 0 Å². The SMILES string of the molecule is Cc1cc(C(=O)N(C)CCCC2CCCO2)c(C)n1C.